The second kappa shape index (κ2) is 9.44. The molecule has 0 saturated carbocycles. The number of aromatic nitrogens is 1. The van der Waals surface area contributed by atoms with Crippen LogP contribution in [0.4, 0.5) is 13.2 Å². The number of carbonyl (C=O) groups is 1. The zero-order valence-electron chi connectivity index (χ0n) is 18.4. The Morgan fingerprint density at radius 3 is 2.26 bits per heavy atom. The molecule has 0 aliphatic carbocycles. The zero-order valence-corrected chi connectivity index (χ0v) is 18.4. The van der Waals surface area contributed by atoms with E-state index in [1.807, 2.05) is 19.9 Å². The summed E-state index contributed by atoms with van der Waals surface area (Å²) in [6.07, 6.45) is -4.37. The summed E-state index contributed by atoms with van der Waals surface area (Å²) >= 11 is 0. The number of hydrogen-bond donors (Lipinski definition) is 1. The molecule has 2 aromatic rings. The van der Waals surface area contributed by atoms with Crippen LogP contribution in [0.5, 0.6) is 0 Å². The van der Waals surface area contributed by atoms with Gasteiger partial charge in [0.15, 0.2) is 0 Å². The van der Waals surface area contributed by atoms with Crippen LogP contribution >= 0.6 is 0 Å². The van der Waals surface area contributed by atoms with Crippen LogP contribution in [0, 0.1) is 13.8 Å². The number of amides is 1. The molecule has 8 heteroatoms. The van der Waals surface area contributed by atoms with Crippen molar-refractivity contribution in [3.8, 4) is 0 Å². The number of ether oxygens (including phenoxy) is 1. The van der Waals surface area contributed by atoms with Crippen molar-refractivity contribution in [3.05, 3.63) is 58.4 Å². The molecule has 1 saturated heterocycles. The molecule has 1 amide bonds. The highest BCUT2D eigenvalue weighted by molar-refractivity contribution is 5.95. The highest BCUT2D eigenvalue weighted by Gasteiger charge is 2.31. The molecule has 1 atom stereocenters. The van der Waals surface area contributed by atoms with E-state index in [4.69, 9.17) is 4.74 Å². The van der Waals surface area contributed by atoms with Crippen LogP contribution in [-0.4, -0.2) is 48.2 Å². The molecule has 170 valence electrons. The number of benzene rings is 1. The lowest BCUT2D eigenvalue weighted by Crippen LogP contribution is -2.43. The van der Waals surface area contributed by atoms with Crippen LogP contribution in [0.15, 0.2) is 30.3 Å². The Kier molecular flexibility index (Phi) is 7.11. The Labute approximate surface area is 181 Å². The molecule has 3 rings (SSSR count). The molecular weight excluding hydrogens is 407 g/mol. The lowest BCUT2D eigenvalue weighted by Gasteiger charge is -2.35. The quantitative estimate of drug-likeness (QED) is 0.724. The minimum Gasteiger partial charge on any atom is -0.379 e. The van der Waals surface area contributed by atoms with Gasteiger partial charge in [0.2, 0.25) is 0 Å². The number of morpholine rings is 1. The molecule has 5 nitrogen and oxygen atoms in total. The molecule has 1 unspecified atom stereocenters. The minimum absolute atomic E-state index is 0.176. The van der Waals surface area contributed by atoms with E-state index in [1.54, 1.807) is 0 Å². The van der Waals surface area contributed by atoms with Crippen molar-refractivity contribution in [2.24, 2.45) is 0 Å². The molecule has 1 aliphatic heterocycles. The summed E-state index contributed by atoms with van der Waals surface area (Å²) in [6.45, 7) is 10.8. The normalized spacial score (nSPS) is 16.5. The van der Waals surface area contributed by atoms with E-state index < -0.39 is 11.7 Å². The van der Waals surface area contributed by atoms with Crippen LogP contribution in [0.3, 0.4) is 0 Å². The molecule has 0 bridgehead atoms. The predicted octanol–water partition coefficient (Wildman–Crippen LogP) is 4.51. The molecule has 1 aromatic heterocycles. The number of halogens is 3. The molecule has 0 spiro atoms. The van der Waals surface area contributed by atoms with E-state index in [0.717, 1.165) is 29.1 Å². The summed E-state index contributed by atoms with van der Waals surface area (Å²) in [5.74, 6) is -0.176. The van der Waals surface area contributed by atoms with Crippen LogP contribution in [-0.2, 0) is 10.9 Å². The number of aryl methyl sites for hydroxylation is 1. The molecule has 1 aromatic carbocycles. The van der Waals surface area contributed by atoms with Crippen molar-refractivity contribution in [3.63, 3.8) is 0 Å². The number of rotatable bonds is 6. The number of hydrogen-bond acceptors (Lipinski definition) is 3. The van der Waals surface area contributed by atoms with E-state index >= 15 is 0 Å². The summed E-state index contributed by atoms with van der Waals surface area (Å²) in [6, 6.07) is 7.09. The third-order valence-electron chi connectivity index (χ3n) is 5.81. The maximum Gasteiger partial charge on any atom is 0.416 e. The topological polar surface area (TPSA) is 46.5 Å². The highest BCUT2D eigenvalue weighted by atomic mass is 19.4. The van der Waals surface area contributed by atoms with E-state index in [-0.39, 0.29) is 18.0 Å². The third-order valence-corrected chi connectivity index (χ3v) is 5.81. The molecule has 0 radical (unpaired) electrons. The zero-order chi connectivity index (χ0) is 22.8. The monoisotopic (exact) mass is 437 g/mol. The Morgan fingerprint density at radius 2 is 1.74 bits per heavy atom. The molecule has 31 heavy (non-hydrogen) atoms. The summed E-state index contributed by atoms with van der Waals surface area (Å²) in [5, 5.41) is 3.00. The average molecular weight is 438 g/mol. The largest absolute Gasteiger partial charge is 0.416 e. The van der Waals surface area contributed by atoms with Gasteiger partial charge in [-0.05, 0) is 51.5 Å². The van der Waals surface area contributed by atoms with Crippen molar-refractivity contribution in [2.45, 2.75) is 46.0 Å². The Bertz CT molecular complexity index is 898. The lowest BCUT2D eigenvalue weighted by molar-refractivity contribution is -0.137. The Balaban J connectivity index is 1.79. The minimum atomic E-state index is -4.37. The van der Waals surface area contributed by atoms with Gasteiger partial charge in [0, 0.05) is 37.1 Å². The second-order valence-corrected chi connectivity index (χ2v) is 8.24. The number of alkyl halides is 3. The van der Waals surface area contributed by atoms with Gasteiger partial charge >= 0.3 is 6.18 Å². The first-order valence-electron chi connectivity index (χ1n) is 10.5. The molecule has 1 N–H and O–H groups in total. The van der Waals surface area contributed by atoms with Crippen molar-refractivity contribution in [1.29, 1.82) is 0 Å². The van der Waals surface area contributed by atoms with E-state index in [1.165, 1.54) is 12.1 Å². The van der Waals surface area contributed by atoms with Gasteiger partial charge in [-0.15, -0.1) is 0 Å². The first kappa shape index (κ1) is 23.3. The van der Waals surface area contributed by atoms with Crippen molar-refractivity contribution in [1.82, 2.24) is 14.8 Å². The first-order valence-corrected chi connectivity index (χ1v) is 10.5. The molecular formula is C23H30F3N3O2. The van der Waals surface area contributed by atoms with Gasteiger partial charge in [0.25, 0.3) is 5.91 Å². The molecule has 1 fully saturated rings. The maximum atomic E-state index is 13.0. The highest BCUT2D eigenvalue weighted by Crippen LogP contribution is 2.31. The van der Waals surface area contributed by atoms with Crippen LogP contribution in [0.1, 0.15) is 58.8 Å². The van der Waals surface area contributed by atoms with Crippen LogP contribution in [0.2, 0.25) is 0 Å². The Morgan fingerprint density at radius 1 is 1.13 bits per heavy atom. The van der Waals surface area contributed by atoms with Crippen LogP contribution in [0.25, 0.3) is 0 Å². The van der Waals surface area contributed by atoms with E-state index in [2.05, 4.69) is 28.6 Å². The maximum absolute atomic E-state index is 13.0. The van der Waals surface area contributed by atoms with Gasteiger partial charge < -0.3 is 14.6 Å². The fourth-order valence-corrected chi connectivity index (χ4v) is 4.33. The lowest BCUT2D eigenvalue weighted by atomic mass is 10.0. The fraction of sp³-hybridized carbons (Fsp3) is 0.522. The number of nitrogens with zero attached hydrogens (tertiary/aromatic N) is 2. The van der Waals surface area contributed by atoms with E-state index in [9.17, 15) is 18.0 Å². The predicted molar refractivity (Wildman–Crippen MR) is 113 cm³/mol. The third kappa shape index (κ3) is 5.30. The smallest absolute Gasteiger partial charge is 0.379 e. The van der Waals surface area contributed by atoms with Gasteiger partial charge in [-0.3, -0.25) is 9.69 Å². The fourth-order valence-electron chi connectivity index (χ4n) is 4.33. The van der Waals surface area contributed by atoms with Gasteiger partial charge in [0.1, 0.15) is 0 Å². The Hall–Kier alpha value is -2.32. The van der Waals surface area contributed by atoms with Crippen molar-refractivity contribution < 1.29 is 22.7 Å². The average Bonchev–Trinajstić information content (AvgIpc) is 3.03. The second-order valence-electron chi connectivity index (χ2n) is 8.24. The van der Waals surface area contributed by atoms with Gasteiger partial charge in [-0.1, -0.05) is 12.1 Å². The summed E-state index contributed by atoms with van der Waals surface area (Å²) < 4.78 is 46.4. The van der Waals surface area contributed by atoms with Gasteiger partial charge in [-0.25, -0.2) is 0 Å². The first-order chi connectivity index (χ1) is 14.6. The SMILES string of the molecule is Cc1cc(C(=O)NCC(c2ccc(C(F)(F)F)cc2)N2CCOCC2)c(C)n1C(C)C. The van der Waals surface area contributed by atoms with Crippen LogP contribution < -0.4 is 5.32 Å². The number of nitrogens with one attached hydrogen (secondary N) is 1. The summed E-state index contributed by atoms with van der Waals surface area (Å²) in [5.41, 5.74) is 2.61. The molecule has 2 heterocycles. The summed E-state index contributed by atoms with van der Waals surface area (Å²) in [4.78, 5) is 15.1. The van der Waals surface area contributed by atoms with Crippen molar-refractivity contribution >= 4 is 5.91 Å². The van der Waals surface area contributed by atoms with Gasteiger partial charge in [0.05, 0.1) is 30.4 Å². The standard InChI is InChI=1S/C23H30F3N3O2/c1-15(2)29-16(3)13-20(17(29)4)22(30)27-14-21(28-9-11-31-12-10-28)18-5-7-19(8-6-18)23(24,25)26/h5-8,13,15,21H,9-12,14H2,1-4H3,(H,27,30). The summed E-state index contributed by atoms with van der Waals surface area (Å²) in [7, 11) is 0. The van der Waals surface area contributed by atoms with Crippen molar-refractivity contribution in [2.75, 3.05) is 32.8 Å². The van der Waals surface area contributed by atoms with E-state index in [0.29, 0.717) is 38.4 Å². The van der Waals surface area contributed by atoms with Gasteiger partial charge in [-0.2, -0.15) is 13.2 Å². The molecule has 1 aliphatic rings. The number of carbonyl (C=O) groups excluding carboxylic acids is 1.